The number of nitrogens with one attached hydrogen (secondary N) is 1. The van der Waals surface area contributed by atoms with Crippen molar-refractivity contribution in [1.82, 2.24) is 9.99 Å². The molecule has 7 nitrogen and oxygen atoms in total. The molecule has 0 aliphatic heterocycles. The van der Waals surface area contributed by atoms with Crippen molar-refractivity contribution in [3.05, 3.63) is 82.2 Å². The van der Waals surface area contributed by atoms with Crippen LogP contribution in [0.1, 0.15) is 33.6 Å². The molecule has 1 amide bonds. The third-order valence-electron chi connectivity index (χ3n) is 5.50. The highest BCUT2D eigenvalue weighted by Crippen LogP contribution is 2.26. The number of amides is 1. The van der Waals surface area contributed by atoms with Crippen LogP contribution in [0.15, 0.2) is 53.6 Å². The number of aromatic nitrogens is 1. The maximum absolute atomic E-state index is 12.6. The number of hydrogen-bond acceptors (Lipinski definition) is 4. The SMILES string of the molecule is Cc1cccc(-n2c(C)cc(/C=N\NC(=O)CN(c3c(C)cccc3C)S(C)(=O)=O)c2C)c1. The predicted molar refractivity (Wildman–Crippen MR) is 134 cm³/mol. The molecule has 3 aromatic rings. The first-order chi connectivity index (χ1) is 15.5. The molecule has 0 spiro atoms. The molecule has 0 unspecified atom stereocenters. The van der Waals surface area contributed by atoms with E-state index in [0.717, 1.165) is 44.3 Å². The van der Waals surface area contributed by atoms with Crippen LogP contribution in [0.3, 0.4) is 0 Å². The van der Waals surface area contributed by atoms with Gasteiger partial charge in [0, 0.05) is 22.6 Å². The van der Waals surface area contributed by atoms with Gasteiger partial charge in [-0.15, -0.1) is 0 Å². The Hall–Kier alpha value is -3.39. The minimum Gasteiger partial charge on any atom is -0.318 e. The van der Waals surface area contributed by atoms with Crippen molar-refractivity contribution in [2.24, 2.45) is 5.10 Å². The van der Waals surface area contributed by atoms with Crippen molar-refractivity contribution in [2.45, 2.75) is 34.6 Å². The maximum atomic E-state index is 12.6. The molecular formula is C25H30N4O3S. The largest absolute Gasteiger partial charge is 0.318 e. The number of nitrogens with zero attached hydrogens (tertiary/aromatic N) is 3. The van der Waals surface area contributed by atoms with Gasteiger partial charge in [0.1, 0.15) is 6.54 Å². The van der Waals surface area contributed by atoms with Gasteiger partial charge < -0.3 is 4.57 Å². The standard InChI is InChI=1S/C25H30N4O3S/c1-17-9-7-12-23(13-17)29-20(4)14-22(21(29)5)15-26-27-24(30)16-28(33(6,31)32)25-18(2)10-8-11-19(25)3/h7-15H,16H2,1-6H3,(H,27,30)/b26-15-. The smallest absolute Gasteiger partial charge is 0.260 e. The summed E-state index contributed by atoms with van der Waals surface area (Å²) in [7, 11) is -3.66. The monoisotopic (exact) mass is 466 g/mol. The maximum Gasteiger partial charge on any atom is 0.260 e. The van der Waals surface area contributed by atoms with Crippen molar-refractivity contribution in [1.29, 1.82) is 0 Å². The molecule has 0 radical (unpaired) electrons. The van der Waals surface area contributed by atoms with E-state index in [1.807, 2.05) is 77.1 Å². The minimum atomic E-state index is -3.66. The van der Waals surface area contributed by atoms with Crippen LogP contribution in [0.25, 0.3) is 5.69 Å². The second-order valence-corrected chi connectivity index (χ2v) is 10.2. The fourth-order valence-electron chi connectivity index (χ4n) is 3.98. The van der Waals surface area contributed by atoms with Gasteiger partial charge in [-0.25, -0.2) is 13.8 Å². The fraction of sp³-hybridized carbons (Fsp3) is 0.280. The molecule has 0 saturated heterocycles. The first-order valence-electron chi connectivity index (χ1n) is 10.6. The molecule has 0 atom stereocenters. The van der Waals surface area contributed by atoms with Crippen molar-refractivity contribution in [2.75, 3.05) is 17.1 Å². The summed E-state index contributed by atoms with van der Waals surface area (Å²) >= 11 is 0. The quantitative estimate of drug-likeness (QED) is 0.423. The molecule has 0 bridgehead atoms. The van der Waals surface area contributed by atoms with Crippen LogP contribution in [-0.2, 0) is 14.8 Å². The van der Waals surface area contributed by atoms with Crippen LogP contribution in [0.5, 0.6) is 0 Å². The molecular weight excluding hydrogens is 436 g/mol. The first-order valence-corrected chi connectivity index (χ1v) is 12.5. The predicted octanol–water partition coefficient (Wildman–Crippen LogP) is 3.94. The lowest BCUT2D eigenvalue weighted by Gasteiger charge is -2.25. The molecule has 2 aromatic carbocycles. The molecule has 8 heteroatoms. The number of benzene rings is 2. The highest BCUT2D eigenvalue weighted by Gasteiger charge is 2.23. The van der Waals surface area contributed by atoms with E-state index in [4.69, 9.17) is 0 Å². The number of carbonyl (C=O) groups excluding carboxylic acids is 1. The van der Waals surface area contributed by atoms with Gasteiger partial charge in [0.25, 0.3) is 5.91 Å². The number of rotatable bonds is 7. The van der Waals surface area contributed by atoms with E-state index >= 15 is 0 Å². The molecule has 1 aromatic heterocycles. The summed E-state index contributed by atoms with van der Waals surface area (Å²) in [5, 5.41) is 4.08. The summed E-state index contributed by atoms with van der Waals surface area (Å²) in [6, 6.07) is 15.7. The minimum absolute atomic E-state index is 0.357. The summed E-state index contributed by atoms with van der Waals surface area (Å²) in [5.41, 5.74) is 9.66. The van der Waals surface area contributed by atoms with Crippen LogP contribution in [0.2, 0.25) is 0 Å². The Kier molecular flexibility index (Phi) is 7.07. The normalized spacial score (nSPS) is 11.7. The van der Waals surface area contributed by atoms with E-state index < -0.39 is 15.9 Å². The van der Waals surface area contributed by atoms with E-state index in [-0.39, 0.29) is 6.54 Å². The van der Waals surface area contributed by atoms with Crippen LogP contribution in [-0.4, -0.2) is 37.9 Å². The zero-order chi connectivity index (χ0) is 24.3. The summed E-state index contributed by atoms with van der Waals surface area (Å²) in [4.78, 5) is 12.6. The highest BCUT2D eigenvalue weighted by molar-refractivity contribution is 7.92. The highest BCUT2D eigenvalue weighted by atomic mass is 32.2. The summed E-state index contributed by atoms with van der Waals surface area (Å²) in [5.74, 6) is -0.521. The van der Waals surface area contributed by atoms with Crippen LogP contribution >= 0.6 is 0 Å². The van der Waals surface area contributed by atoms with E-state index in [1.54, 1.807) is 6.21 Å². The number of para-hydroxylation sites is 1. The first kappa shape index (κ1) is 24.3. The van der Waals surface area contributed by atoms with Gasteiger partial charge in [0.15, 0.2) is 0 Å². The zero-order valence-corrected chi connectivity index (χ0v) is 20.7. The van der Waals surface area contributed by atoms with Gasteiger partial charge in [-0.1, -0.05) is 30.3 Å². The molecule has 0 aliphatic carbocycles. The van der Waals surface area contributed by atoms with E-state index in [2.05, 4.69) is 21.2 Å². The van der Waals surface area contributed by atoms with Gasteiger partial charge in [0.05, 0.1) is 18.2 Å². The molecule has 174 valence electrons. The van der Waals surface area contributed by atoms with Crippen molar-refractivity contribution in [3.8, 4) is 5.69 Å². The second-order valence-electron chi connectivity index (χ2n) is 8.30. The Morgan fingerprint density at radius 1 is 1.03 bits per heavy atom. The van der Waals surface area contributed by atoms with Gasteiger partial charge in [0.2, 0.25) is 10.0 Å². The number of sulfonamides is 1. The summed E-state index contributed by atoms with van der Waals surface area (Å²) in [6.07, 6.45) is 2.67. The van der Waals surface area contributed by atoms with Gasteiger partial charge in [-0.2, -0.15) is 5.10 Å². The van der Waals surface area contributed by atoms with Crippen LogP contribution < -0.4 is 9.73 Å². The van der Waals surface area contributed by atoms with Gasteiger partial charge in [-0.3, -0.25) is 9.10 Å². The number of carbonyl (C=O) groups is 1. The number of hydrogen-bond donors (Lipinski definition) is 1. The molecule has 0 aliphatic rings. The lowest BCUT2D eigenvalue weighted by molar-refractivity contribution is -0.119. The van der Waals surface area contributed by atoms with Gasteiger partial charge in [-0.05, 0) is 69.5 Å². The Labute approximate surface area is 195 Å². The Bertz CT molecular complexity index is 1300. The lowest BCUT2D eigenvalue weighted by Crippen LogP contribution is -2.39. The Morgan fingerprint density at radius 3 is 2.27 bits per heavy atom. The zero-order valence-electron chi connectivity index (χ0n) is 19.9. The number of aryl methyl sites for hydroxylation is 4. The van der Waals surface area contributed by atoms with E-state index in [0.29, 0.717) is 5.69 Å². The van der Waals surface area contributed by atoms with Crippen molar-refractivity contribution >= 4 is 27.8 Å². The lowest BCUT2D eigenvalue weighted by atomic mass is 10.1. The number of hydrazone groups is 1. The summed E-state index contributed by atoms with van der Waals surface area (Å²) in [6.45, 7) is 9.34. The number of anilines is 1. The average molecular weight is 467 g/mol. The third kappa shape index (κ3) is 5.51. The molecule has 0 saturated carbocycles. The van der Waals surface area contributed by atoms with Crippen molar-refractivity contribution < 1.29 is 13.2 Å². The second kappa shape index (κ2) is 9.62. The van der Waals surface area contributed by atoms with Crippen LogP contribution in [0, 0.1) is 34.6 Å². The molecule has 1 heterocycles. The molecule has 3 rings (SSSR count). The molecule has 1 N–H and O–H groups in total. The van der Waals surface area contributed by atoms with Gasteiger partial charge >= 0.3 is 0 Å². The Morgan fingerprint density at radius 2 is 1.67 bits per heavy atom. The fourth-order valence-corrected chi connectivity index (χ4v) is 4.95. The average Bonchev–Trinajstić information content (AvgIpc) is 2.99. The topological polar surface area (TPSA) is 83.8 Å². The molecule has 0 fully saturated rings. The molecule has 33 heavy (non-hydrogen) atoms. The van der Waals surface area contributed by atoms with E-state index in [9.17, 15) is 13.2 Å². The Balaban J connectivity index is 1.78. The van der Waals surface area contributed by atoms with E-state index in [1.165, 1.54) is 5.56 Å². The summed E-state index contributed by atoms with van der Waals surface area (Å²) < 4.78 is 28.1. The van der Waals surface area contributed by atoms with Crippen molar-refractivity contribution in [3.63, 3.8) is 0 Å². The van der Waals surface area contributed by atoms with Crippen LogP contribution in [0.4, 0.5) is 5.69 Å². The third-order valence-corrected chi connectivity index (χ3v) is 6.61.